The minimum Gasteiger partial charge on any atom is -0.346 e. The molecule has 0 aliphatic carbocycles. The van der Waals surface area contributed by atoms with Crippen LogP contribution in [0.15, 0.2) is 36.7 Å². The third-order valence-electron chi connectivity index (χ3n) is 3.73. The summed E-state index contributed by atoms with van der Waals surface area (Å²) in [5.41, 5.74) is -0.528. The van der Waals surface area contributed by atoms with E-state index in [1.807, 2.05) is 0 Å². The highest BCUT2D eigenvalue weighted by Crippen LogP contribution is 2.27. The highest BCUT2D eigenvalue weighted by atomic mass is 32.2. The molecule has 2 aromatic heterocycles. The van der Waals surface area contributed by atoms with Gasteiger partial charge in [-0.1, -0.05) is 6.92 Å². The van der Waals surface area contributed by atoms with Gasteiger partial charge in [-0.2, -0.15) is 0 Å². The second-order valence-electron chi connectivity index (χ2n) is 5.80. The number of halogens is 2. The van der Waals surface area contributed by atoms with E-state index in [1.54, 1.807) is 19.2 Å². The Morgan fingerprint density at radius 2 is 2.04 bits per heavy atom. The second kappa shape index (κ2) is 7.31. The van der Waals surface area contributed by atoms with Crippen LogP contribution in [0.1, 0.15) is 23.7 Å². The second-order valence-corrected chi connectivity index (χ2v) is 7.64. The minimum atomic E-state index is -3.77. The smallest absolute Gasteiger partial charge is 0.257 e. The van der Waals surface area contributed by atoms with Crippen molar-refractivity contribution in [2.24, 2.45) is 0 Å². The maximum Gasteiger partial charge on any atom is 0.257 e. The fourth-order valence-corrected chi connectivity index (χ4v) is 3.62. The molecule has 0 atom stereocenters. The van der Waals surface area contributed by atoms with Crippen LogP contribution >= 0.6 is 0 Å². The van der Waals surface area contributed by atoms with Gasteiger partial charge < -0.3 is 10.3 Å². The Morgan fingerprint density at radius 3 is 2.78 bits per heavy atom. The molecular formula is C17H16F2N4O3S. The predicted octanol–water partition coefficient (Wildman–Crippen LogP) is 3.25. The van der Waals surface area contributed by atoms with Gasteiger partial charge in [0.15, 0.2) is 5.82 Å². The molecule has 27 heavy (non-hydrogen) atoms. The number of nitrogens with zero attached hydrogens (tertiary/aromatic N) is 1. The number of amides is 1. The first-order valence-electron chi connectivity index (χ1n) is 8.03. The monoisotopic (exact) mass is 394 g/mol. The Kier molecular flexibility index (Phi) is 5.08. The number of carbonyl (C=O) groups excluding carboxylic acids is 1. The molecule has 0 bridgehead atoms. The van der Waals surface area contributed by atoms with Gasteiger partial charge in [0.2, 0.25) is 10.0 Å². The van der Waals surface area contributed by atoms with Gasteiger partial charge in [0.1, 0.15) is 17.2 Å². The highest BCUT2D eigenvalue weighted by molar-refractivity contribution is 7.92. The molecule has 2 heterocycles. The quantitative estimate of drug-likeness (QED) is 0.597. The normalized spacial score (nSPS) is 11.5. The summed E-state index contributed by atoms with van der Waals surface area (Å²) in [7, 11) is -3.77. The number of benzene rings is 1. The Morgan fingerprint density at radius 1 is 1.26 bits per heavy atom. The molecule has 0 spiro atoms. The topological polar surface area (TPSA) is 104 Å². The molecular weight excluding hydrogens is 378 g/mol. The molecule has 142 valence electrons. The molecule has 10 heteroatoms. The van der Waals surface area contributed by atoms with Gasteiger partial charge in [-0.25, -0.2) is 22.2 Å². The summed E-state index contributed by atoms with van der Waals surface area (Å²) >= 11 is 0. The summed E-state index contributed by atoms with van der Waals surface area (Å²) in [6.45, 7) is 1.65. The number of pyridine rings is 1. The molecule has 0 aliphatic rings. The Balaban J connectivity index is 1.89. The van der Waals surface area contributed by atoms with E-state index in [1.165, 1.54) is 12.3 Å². The van der Waals surface area contributed by atoms with Gasteiger partial charge in [0, 0.05) is 17.8 Å². The van der Waals surface area contributed by atoms with Gasteiger partial charge >= 0.3 is 0 Å². The Hall–Kier alpha value is -3.01. The van der Waals surface area contributed by atoms with Crippen LogP contribution in [0.3, 0.4) is 0 Å². The molecule has 3 N–H and O–H groups in total. The van der Waals surface area contributed by atoms with Crippen molar-refractivity contribution < 1.29 is 22.0 Å². The van der Waals surface area contributed by atoms with Gasteiger partial charge in [-0.3, -0.25) is 9.52 Å². The van der Waals surface area contributed by atoms with Crippen LogP contribution in [-0.2, 0) is 10.0 Å². The number of sulfonamides is 1. The third-order valence-corrected chi connectivity index (χ3v) is 5.21. The molecule has 1 aromatic carbocycles. The lowest BCUT2D eigenvalue weighted by atomic mass is 10.2. The summed E-state index contributed by atoms with van der Waals surface area (Å²) in [5, 5.41) is 2.79. The number of rotatable bonds is 6. The van der Waals surface area contributed by atoms with E-state index in [0.717, 1.165) is 12.1 Å². The van der Waals surface area contributed by atoms with Crippen LogP contribution in [0.4, 0.5) is 20.2 Å². The lowest BCUT2D eigenvalue weighted by Gasteiger charge is -2.13. The first kappa shape index (κ1) is 18.8. The fraction of sp³-hybridized carbons (Fsp3) is 0.176. The number of anilines is 2. The summed E-state index contributed by atoms with van der Waals surface area (Å²) < 4.78 is 54.3. The van der Waals surface area contributed by atoms with Crippen LogP contribution in [0, 0.1) is 11.6 Å². The van der Waals surface area contributed by atoms with E-state index >= 15 is 0 Å². The highest BCUT2D eigenvalue weighted by Gasteiger charge is 2.20. The first-order valence-corrected chi connectivity index (χ1v) is 9.69. The molecule has 7 nitrogen and oxygen atoms in total. The van der Waals surface area contributed by atoms with Crippen molar-refractivity contribution in [3.63, 3.8) is 0 Å². The molecule has 0 radical (unpaired) electrons. The molecule has 0 aliphatic heterocycles. The lowest BCUT2D eigenvalue weighted by molar-refractivity contribution is 0.102. The van der Waals surface area contributed by atoms with E-state index in [4.69, 9.17) is 0 Å². The number of carbonyl (C=O) groups is 1. The van der Waals surface area contributed by atoms with Crippen molar-refractivity contribution in [3.05, 3.63) is 53.9 Å². The SMILES string of the molecule is CCCS(=O)(=O)Nc1ccc(F)c(NC(=O)c2cnc3[nH]ccc3c2)c1F. The van der Waals surface area contributed by atoms with Crippen LogP contribution in [-0.4, -0.2) is 30.0 Å². The molecule has 3 aromatic rings. The van der Waals surface area contributed by atoms with Crippen LogP contribution in [0.2, 0.25) is 0 Å². The zero-order valence-electron chi connectivity index (χ0n) is 14.2. The Labute approximate surface area is 153 Å². The zero-order chi connectivity index (χ0) is 19.6. The van der Waals surface area contributed by atoms with Crippen LogP contribution < -0.4 is 10.0 Å². The number of H-pyrrole nitrogens is 1. The average Bonchev–Trinajstić information content (AvgIpc) is 3.08. The standard InChI is InChI=1S/C17H16F2N4O3S/c1-2-7-27(25,26)23-13-4-3-12(18)15(14(13)19)22-17(24)11-8-10-5-6-20-16(10)21-9-11/h3-6,8-9,23H,2,7H2,1H3,(H,20,21)(H,22,24). The number of aromatic nitrogens is 2. The van der Waals surface area contributed by atoms with Gasteiger partial charge in [-0.05, 0) is 30.7 Å². The summed E-state index contributed by atoms with van der Waals surface area (Å²) in [6, 6.07) is 5.04. The van der Waals surface area contributed by atoms with Crippen molar-refractivity contribution in [2.45, 2.75) is 13.3 Å². The lowest BCUT2D eigenvalue weighted by Crippen LogP contribution is -2.19. The summed E-state index contributed by atoms with van der Waals surface area (Å²) in [4.78, 5) is 19.3. The predicted molar refractivity (Wildman–Crippen MR) is 98.1 cm³/mol. The summed E-state index contributed by atoms with van der Waals surface area (Å²) in [5.74, 6) is -3.24. The molecule has 0 unspecified atom stereocenters. The molecule has 3 rings (SSSR count). The van der Waals surface area contributed by atoms with Crippen molar-refractivity contribution in [1.82, 2.24) is 9.97 Å². The van der Waals surface area contributed by atoms with E-state index in [2.05, 4.69) is 20.0 Å². The number of nitrogens with one attached hydrogen (secondary N) is 3. The van der Waals surface area contributed by atoms with Gasteiger partial charge in [0.05, 0.1) is 17.0 Å². The van der Waals surface area contributed by atoms with E-state index < -0.39 is 38.9 Å². The average molecular weight is 394 g/mol. The minimum absolute atomic E-state index is 0.0952. The van der Waals surface area contributed by atoms with Crippen LogP contribution in [0.25, 0.3) is 11.0 Å². The van der Waals surface area contributed by atoms with Crippen LogP contribution in [0.5, 0.6) is 0 Å². The van der Waals surface area contributed by atoms with Crippen molar-refractivity contribution in [3.8, 4) is 0 Å². The van der Waals surface area contributed by atoms with Crippen molar-refractivity contribution >= 4 is 38.3 Å². The fourth-order valence-electron chi connectivity index (χ4n) is 2.48. The third kappa shape index (κ3) is 4.05. The molecule has 0 saturated heterocycles. The molecule has 1 amide bonds. The first-order chi connectivity index (χ1) is 12.8. The maximum atomic E-state index is 14.6. The van der Waals surface area contributed by atoms with Gasteiger partial charge in [-0.15, -0.1) is 0 Å². The Bertz CT molecular complexity index is 1110. The summed E-state index contributed by atoms with van der Waals surface area (Å²) in [6.07, 6.45) is 3.23. The maximum absolute atomic E-state index is 14.6. The van der Waals surface area contributed by atoms with E-state index in [-0.39, 0.29) is 11.3 Å². The van der Waals surface area contributed by atoms with Crippen molar-refractivity contribution in [1.29, 1.82) is 0 Å². The largest absolute Gasteiger partial charge is 0.346 e. The number of aromatic amines is 1. The van der Waals surface area contributed by atoms with E-state index in [9.17, 15) is 22.0 Å². The van der Waals surface area contributed by atoms with E-state index in [0.29, 0.717) is 17.5 Å². The number of hydrogen-bond acceptors (Lipinski definition) is 4. The number of hydrogen-bond donors (Lipinski definition) is 3. The molecule has 0 saturated carbocycles. The van der Waals surface area contributed by atoms with Crippen molar-refractivity contribution in [2.75, 3.05) is 15.8 Å². The number of fused-ring (bicyclic) bond motifs is 1. The zero-order valence-corrected chi connectivity index (χ0v) is 15.0. The van der Waals surface area contributed by atoms with Gasteiger partial charge in [0.25, 0.3) is 5.91 Å². The molecule has 0 fully saturated rings.